The van der Waals surface area contributed by atoms with Gasteiger partial charge in [0.15, 0.2) is 0 Å². The van der Waals surface area contributed by atoms with Gasteiger partial charge in [-0.05, 0) is 40.2 Å². The van der Waals surface area contributed by atoms with E-state index < -0.39 is 0 Å². The Balaban J connectivity index is 2.77. The Bertz CT molecular complexity index is 366. The predicted molar refractivity (Wildman–Crippen MR) is 79.8 cm³/mol. The van der Waals surface area contributed by atoms with Gasteiger partial charge in [-0.2, -0.15) is 5.10 Å². The highest BCUT2D eigenvalue weighted by Gasteiger charge is 2.20. The van der Waals surface area contributed by atoms with Crippen LogP contribution in [0.15, 0.2) is 6.20 Å². The topological polar surface area (TPSA) is 39.1 Å². The van der Waals surface area contributed by atoms with E-state index in [1.165, 1.54) is 0 Å². The van der Waals surface area contributed by atoms with E-state index in [4.69, 9.17) is 16.3 Å². The van der Waals surface area contributed by atoms with Crippen LogP contribution < -0.4 is 5.32 Å². The molecule has 0 radical (unpaired) electrons. The van der Waals surface area contributed by atoms with Crippen LogP contribution in [0.3, 0.4) is 0 Å². The second kappa shape index (κ2) is 8.56. The van der Waals surface area contributed by atoms with Crippen LogP contribution in [-0.2, 0) is 4.74 Å². The van der Waals surface area contributed by atoms with Crippen LogP contribution in [-0.4, -0.2) is 29.5 Å². The van der Waals surface area contributed by atoms with E-state index in [9.17, 15) is 0 Å². The Hall–Kier alpha value is -0.580. The first-order valence-corrected chi connectivity index (χ1v) is 7.53. The summed E-state index contributed by atoms with van der Waals surface area (Å²) in [7, 11) is 0. The van der Waals surface area contributed by atoms with Gasteiger partial charge >= 0.3 is 0 Å². The van der Waals surface area contributed by atoms with Gasteiger partial charge in [0.25, 0.3) is 0 Å². The summed E-state index contributed by atoms with van der Waals surface area (Å²) in [5.41, 5.74) is 1.09. The van der Waals surface area contributed by atoms with Crippen LogP contribution in [0.2, 0.25) is 5.02 Å². The summed E-state index contributed by atoms with van der Waals surface area (Å²) in [5, 5.41) is 8.62. The van der Waals surface area contributed by atoms with Crippen molar-refractivity contribution in [1.29, 1.82) is 0 Å². The summed E-state index contributed by atoms with van der Waals surface area (Å²) in [6.07, 6.45) is 3.76. The lowest BCUT2D eigenvalue weighted by Gasteiger charge is -2.21. The van der Waals surface area contributed by atoms with Crippen molar-refractivity contribution in [3.05, 3.63) is 16.9 Å². The number of halogens is 1. The summed E-state index contributed by atoms with van der Waals surface area (Å²) < 4.78 is 7.41. The average molecular weight is 288 g/mol. The van der Waals surface area contributed by atoms with Gasteiger partial charge in [-0.25, -0.2) is 0 Å². The van der Waals surface area contributed by atoms with E-state index in [1.807, 2.05) is 11.6 Å². The molecule has 0 aliphatic rings. The third-order valence-electron chi connectivity index (χ3n) is 3.04. The highest BCUT2D eigenvalue weighted by molar-refractivity contribution is 6.31. The fraction of sp³-hybridized carbons (Fsp3) is 0.786. The molecule has 110 valence electrons. The maximum Gasteiger partial charge on any atom is 0.0834 e. The Morgan fingerprint density at radius 1 is 1.42 bits per heavy atom. The minimum Gasteiger partial charge on any atom is -0.382 e. The molecule has 1 heterocycles. The lowest BCUT2D eigenvalue weighted by Crippen LogP contribution is -2.25. The smallest absolute Gasteiger partial charge is 0.0834 e. The van der Waals surface area contributed by atoms with Gasteiger partial charge in [0, 0.05) is 19.3 Å². The number of hydrogen-bond acceptors (Lipinski definition) is 3. The molecule has 5 heteroatoms. The number of nitrogens with one attached hydrogen (secondary N) is 1. The highest BCUT2D eigenvalue weighted by atomic mass is 35.5. The SMILES string of the molecule is CCNC(CCCOCC)c1c(Cl)cnn1C(C)C. The minimum atomic E-state index is 0.239. The fourth-order valence-corrected chi connectivity index (χ4v) is 2.47. The molecule has 0 aromatic carbocycles. The number of hydrogen-bond donors (Lipinski definition) is 1. The quantitative estimate of drug-likeness (QED) is 0.706. The van der Waals surface area contributed by atoms with E-state index in [0.717, 1.165) is 43.3 Å². The minimum absolute atomic E-state index is 0.239. The Morgan fingerprint density at radius 3 is 2.74 bits per heavy atom. The zero-order valence-corrected chi connectivity index (χ0v) is 13.2. The Labute approximate surface area is 121 Å². The van der Waals surface area contributed by atoms with Gasteiger partial charge < -0.3 is 10.1 Å². The van der Waals surface area contributed by atoms with Crippen molar-refractivity contribution in [2.45, 2.75) is 52.6 Å². The molecule has 1 unspecified atom stereocenters. The van der Waals surface area contributed by atoms with Crippen LogP contribution in [0.5, 0.6) is 0 Å². The molecule has 0 aliphatic heterocycles. The monoisotopic (exact) mass is 287 g/mol. The van der Waals surface area contributed by atoms with Crippen LogP contribution in [0.1, 0.15) is 58.3 Å². The van der Waals surface area contributed by atoms with E-state index in [2.05, 4.69) is 31.2 Å². The molecule has 1 rings (SSSR count). The second-order valence-corrected chi connectivity index (χ2v) is 5.27. The molecule has 0 aliphatic carbocycles. The van der Waals surface area contributed by atoms with Gasteiger partial charge in [-0.3, -0.25) is 4.68 Å². The van der Waals surface area contributed by atoms with Crippen molar-refractivity contribution < 1.29 is 4.74 Å². The molecule has 1 aromatic rings. The molecule has 1 aromatic heterocycles. The molecule has 19 heavy (non-hydrogen) atoms. The molecule has 1 atom stereocenters. The number of aromatic nitrogens is 2. The first-order valence-electron chi connectivity index (χ1n) is 7.15. The first-order chi connectivity index (χ1) is 9.11. The van der Waals surface area contributed by atoms with Crippen molar-refractivity contribution >= 4 is 11.6 Å². The molecule has 0 bridgehead atoms. The largest absolute Gasteiger partial charge is 0.382 e. The summed E-state index contributed by atoms with van der Waals surface area (Å²) in [6, 6.07) is 0.554. The standard InChI is InChI=1S/C14H26ClN3O/c1-5-16-13(8-7-9-19-6-2)14-12(15)10-17-18(14)11(3)4/h10-11,13,16H,5-9H2,1-4H3. The van der Waals surface area contributed by atoms with E-state index in [-0.39, 0.29) is 6.04 Å². The van der Waals surface area contributed by atoms with Crippen molar-refractivity contribution in [2.75, 3.05) is 19.8 Å². The van der Waals surface area contributed by atoms with E-state index >= 15 is 0 Å². The van der Waals surface area contributed by atoms with Crippen LogP contribution in [0.4, 0.5) is 0 Å². The van der Waals surface area contributed by atoms with Crippen LogP contribution in [0, 0.1) is 0 Å². The molecule has 0 saturated carbocycles. The van der Waals surface area contributed by atoms with E-state index in [1.54, 1.807) is 6.20 Å². The maximum atomic E-state index is 6.31. The highest BCUT2D eigenvalue weighted by Crippen LogP contribution is 2.28. The molecule has 0 fully saturated rings. The fourth-order valence-electron chi connectivity index (χ4n) is 2.20. The number of ether oxygens (including phenoxy) is 1. The summed E-state index contributed by atoms with van der Waals surface area (Å²) in [6.45, 7) is 10.9. The predicted octanol–water partition coefficient (Wildman–Crippen LogP) is 3.58. The molecule has 1 N–H and O–H groups in total. The number of nitrogens with zero attached hydrogens (tertiary/aromatic N) is 2. The Morgan fingerprint density at radius 2 is 2.16 bits per heavy atom. The molecular formula is C14H26ClN3O. The van der Waals surface area contributed by atoms with Crippen molar-refractivity contribution in [1.82, 2.24) is 15.1 Å². The average Bonchev–Trinajstić information content (AvgIpc) is 2.75. The van der Waals surface area contributed by atoms with Gasteiger partial charge in [0.2, 0.25) is 0 Å². The first kappa shape index (κ1) is 16.5. The zero-order chi connectivity index (χ0) is 14.3. The molecule has 0 spiro atoms. The zero-order valence-electron chi connectivity index (χ0n) is 12.4. The third-order valence-corrected chi connectivity index (χ3v) is 3.33. The normalized spacial score (nSPS) is 13.2. The van der Waals surface area contributed by atoms with Gasteiger partial charge in [-0.1, -0.05) is 18.5 Å². The Kier molecular flexibility index (Phi) is 7.42. The van der Waals surface area contributed by atoms with Crippen molar-refractivity contribution in [2.24, 2.45) is 0 Å². The summed E-state index contributed by atoms with van der Waals surface area (Å²) in [5.74, 6) is 0. The lowest BCUT2D eigenvalue weighted by atomic mass is 10.1. The molecule has 4 nitrogen and oxygen atoms in total. The van der Waals surface area contributed by atoms with Gasteiger partial charge in [-0.15, -0.1) is 0 Å². The van der Waals surface area contributed by atoms with Crippen molar-refractivity contribution in [3.63, 3.8) is 0 Å². The number of rotatable bonds is 9. The molecule has 0 saturated heterocycles. The van der Waals surface area contributed by atoms with Gasteiger partial charge in [0.05, 0.1) is 23.0 Å². The van der Waals surface area contributed by atoms with Crippen LogP contribution >= 0.6 is 11.6 Å². The molecular weight excluding hydrogens is 262 g/mol. The summed E-state index contributed by atoms with van der Waals surface area (Å²) in [4.78, 5) is 0. The van der Waals surface area contributed by atoms with E-state index in [0.29, 0.717) is 6.04 Å². The summed E-state index contributed by atoms with van der Waals surface area (Å²) >= 11 is 6.31. The second-order valence-electron chi connectivity index (χ2n) is 4.87. The van der Waals surface area contributed by atoms with Crippen molar-refractivity contribution in [3.8, 4) is 0 Å². The van der Waals surface area contributed by atoms with Gasteiger partial charge in [0.1, 0.15) is 0 Å². The maximum absolute atomic E-state index is 6.31. The third kappa shape index (κ3) is 4.79. The lowest BCUT2D eigenvalue weighted by molar-refractivity contribution is 0.140. The molecule has 0 amide bonds. The van der Waals surface area contributed by atoms with Crippen LogP contribution in [0.25, 0.3) is 0 Å².